The maximum Gasteiger partial charge on any atom is 0.345 e. The molecule has 26 heavy (non-hydrogen) atoms. The number of hydrogen-bond acceptors (Lipinski definition) is 3. The van der Waals surface area contributed by atoms with E-state index in [0.717, 1.165) is 44.6 Å². The first kappa shape index (κ1) is 17.0. The van der Waals surface area contributed by atoms with E-state index in [2.05, 4.69) is 5.10 Å². The van der Waals surface area contributed by atoms with Gasteiger partial charge in [-0.1, -0.05) is 12.1 Å². The average molecular weight is 358 g/mol. The SMILES string of the molecule is Cn1c(C2CCN(C(=O)C3CC3)CC2)nn(Cc2cccc(F)c2)c1=O. The van der Waals surface area contributed by atoms with Gasteiger partial charge in [0.2, 0.25) is 5.91 Å². The molecule has 6 nitrogen and oxygen atoms in total. The topological polar surface area (TPSA) is 60.1 Å². The number of carbonyl (C=O) groups excluding carboxylic acids is 1. The van der Waals surface area contributed by atoms with Crippen LogP contribution in [0.3, 0.4) is 0 Å². The molecule has 138 valence electrons. The first-order valence-corrected chi connectivity index (χ1v) is 9.20. The fraction of sp³-hybridized carbons (Fsp3) is 0.526. The van der Waals surface area contributed by atoms with Crippen LogP contribution in [0.2, 0.25) is 0 Å². The van der Waals surface area contributed by atoms with Crippen molar-refractivity contribution in [1.82, 2.24) is 19.2 Å². The zero-order chi connectivity index (χ0) is 18.3. The number of aromatic nitrogens is 3. The van der Waals surface area contributed by atoms with Crippen LogP contribution in [0.4, 0.5) is 4.39 Å². The van der Waals surface area contributed by atoms with E-state index in [1.165, 1.54) is 16.8 Å². The smallest absolute Gasteiger partial charge is 0.342 e. The molecule has 1 saturated heterocycles. The van der Waals surface area contributed by atoms with Crippen LogP contribution in [0.15, 0.2) is 29.1 Å². The highest BCUT2D eigenvalue weighted by atomic mass is 19.1. The lowest BCUT2D eigenvalue weighted by Crippen LogP contribution is -2.39. The molecule has 2 aromatic rings. The lowest BCUT2D eigenvalue weighted by molar-refractivity contribution is -0.133. The van der Waals surface area contributed by atoms with Crippen molar-refractivity contribution < 1.29 is 9.18 Å². The molecule has 1 aromatic carbocycles. The van der Waals surface area contributed by atoms with E-state index in [0.29, 0.717) is 5.56 Å². The van der Waals surface area contributed by atoms with Crippen LogP contribution in [0.5, 0.6) is 0 Å². The van der Waals surface area contributed by atoms with Crippen molar-refractivity contribution in [1.29, 1.82) is 0 Å². The lowest BCUT2D eigenvalue weighted by atomic mass is 9.95. The van der Waals surface area contributed by atoms with Crippen LogP contribution in [0, 0.1) is 11.7 Å². The predicted octanol–water partition coefficient (Wildman–Crippen LogP) is 1.89. The molecular weight excluding hydrogens is 335 g/mol. The normalized spacial score (nSPS) is 18.3. The van der Waals surface area contributed by atoms with E-state index in [1.54, 1.807) is 23.7 Å². The third-order valence-corrected chi connectivity index (χ3v) is 5.39. The van der Waals surface area contributed by atoms with Gasteiger partial charge in [0.1, 0.15) is 11.6 Å². The Morgan fingerprint density at radius 2 is 1.96 bits per heavy atom. The van der Waals surface area contributed by atoms with E-state index in [9.17, 15) is 14.0 Å². The maximum absolute atomic E-state index is 13.4. The number of benzene rings is 1. The van der Waals surface area contributed by atoms with Crippen molar-refractivity contribution in [3.8, 4) is 0 Å². The molecule has 2 aliphatic rings. The van der Waals surface area contributed by atoms with Crippen LogP contribution in [-0.4, -0.2) is 38.2 Å². The van der Waals surface area contributed by atoms with Crippen molar-refractivity contribution in [2.24, 2.45) is 13.0 Å². The average Bonchev–Trinajstić information content (AvgIpc) is 3.45. The van der Waals surface area contributed by atoms with Crippen LogP contribution < -0.4 is 5.69 Å². The Labute approximate surface area is 151 Å². The van der Waals surface area contributed by atoms with Crippen molar-refractivity contribution in [3.63, 3.8) is 0 Å². The molecule has 1 aromatic heterocycles. The molecule has 2 fully saturated rings. The monoisotopic (exact) mass is 358 g/mol. The van der Waals surface area contributed by atoms with Gasteiger partial charge in [0.15, 0.2) is 0 Å². The Bertz CT molecular complexity index is 876. The zero-order valence-corrected chi connectivity index (χ0v) is 14.9. The third kappa shape index (κ3) is 3.30. The Morgan fingerprint density at radius 3 is 2.62 bits per heavy atom. The zero-order valence-electron chi connectivity index (χ0n) is 14.9. The van der Waals surface area contributed by atoms with Gasteiger partial charge in [-0.15, -0.1) is 0 Å². The second-order valence-electron chi connectivity index (χ2n) is 7.36. The molecule has 7 heteroatoms. The number of likely N-dealkylation sites (tertiary alicyclic amines) is 1. The van der Waals surface area contributed by atoms with Gasteiger partial charge in [0.05, 0.1) is 6.54 Å². The maximum atomic E-state index is 13.4. The molecule has 1 saturated carbocycles. The number of carbonyl (C=O) groups is 1. The van der Waals surface area contributed by atoms with Gasteiger partial charge < -0.3 is 4.90 Å². The summed E-state index contributed by atoms with van der Waals surface area (Å²) < 4.78 is 16.3. The van der Waals surface area contributed by atoms with Crippen molar-refractivity contribution in [2.75, 3.05) is 13.1 Å². The van der Waals surface area contributed by atoms with Crippen molar-refractivity contribution in [3.05, 3.63) is 52.0 Å². The van der Waals surface area contributed by atoms with Crippen LogP contribution in [0.1, 0.15) is 43.0 Å². The van der Waals surface area contributed by atoms with E-state index in [-0.39, 0.29) is 35.8 Å². The molecule has 0 bridgehead atoms. The number of rotatable bonds is 4. The Kier molecular flexibility index (Phi) is 4.38. The summed E-state index contributed by atoms with van der Waals surface area (Å²) in [5.41, 5.74) is 0.516. The minimum absolute atomic E-state index is 0.171. The minimum atomic E-state index is -0.320. The summed E-state index contributed by atoms with van der Waals surface area (Å²) in [6, 6.07) is 6.22. The number of piperidine rings is 1. The summed E-state index contributed by atoms with van der Waals surface area (Å²) in [7, 11) is 1.73. The van der Waals surface area contributed by atoms with Gasteiger partial charge in [0.25, 0.3) is 0 Å². The van der Waals surface area contributed by atoms with E-state index >= 15 is 0 Å². The van der Waals surface area contributed by atoms with Gasteiger partial charge in [-0.05, 0) is 43.4 Å². The number of hydrogen-bond donors (Lipinski definition) is 0. The molecule has 0 radical (unpaired) electrons. The quantitative estimate of drug-likeness (QED) is 0.839. The van der Waals surface area contributed by atoms with Gasteiger partial charge in [-0.2, -0.15) is 5.10 Å². The van der Waals surface area contributed by atoms with Gasteiger partial charge in [0, 0.05) is 32.0 Å². The molecule has 1 amide bonds. The van der Waals surface area contributed by atoms with Crippen LogP contribution in [-0.2, 0) is 18.4 Å². The van der Waals surface area contributed by atoms with E-state index < -0.39 is 0 Å². The Balaban J connectivity index is 1.47. The van der Waals surface area contributed by atoms with Crippen LogP contribution >= 0.6 is 0 Å². The highest BCUT2D eigenvalue weighted by molar-refractivity contribution is 5.81. The Hall–Kier alpha value is -2.44. The fourth-order valence-electron chi connectivity index (χ4n) is 3.72. The van der Waals surface area contributed by atoms with Crippen molar-refractivity contribution in [2.45, 2.75) is 38.1 Å². The summed E-state index contributed by atoms with van der Waals surface area (Å²) >= 11 is 0. The van der Waals surface area contributed by atoms with E-state index in [1.807, 2.05) is 4.90 Å². The summed E-state index contributed by atoms with van der Waals surface area (Å²) in [6.45, 7) is 1.71. The molecule has 0 atom stereocenters. The highest BCUT2D eigenvalue weighted by Crippen LogP contribution is 2.33. The van der Waals surface area contributed by atoms with Gasteiger partial charge >= 0.3 is 5.69 Å². The highest BCUT2D eigenvalue weighted by Gasteiger charge is 2.35. The molecule has 1 aliphatic heterocycles. The molecule has 1 aliphatic carbocycles. The first-order chi connectivity index (χ1) is 12.5. The fourth-order valence-corrected chi connectivity index (χ4v) is 3.72. The first-order valence-electron chi connectivity index (χ1n) is 9.20. The molecule has 0 spiro atoms. The molecule has 0 unspecified atom stereocenters. The molecular formula is C19H23FN4O2. The number of nitrogens with zero attached hydrogens (tertiary/aromatic N) is 4. The lowest BCUT2D eigenvalue weighted by Gasteiger charge is -2.31. The molecule has 0 N–H and O–H groups in total. The van der Waals surface area contributed by atoms with Crippen LogP contribution in [0.25, 0.3) is 0 Å². The Morgan fingerprint density at radius 1 is 1.23 bits per heavy atom. The van der Waals surface area contributed by atoms with Gasteiger partial charge in [-0.3, -0.25) is 9.36 Å². The number of amides is 1. The summed E-state index contributed by atoms with van der Waals surface area (Å²) in [4.78, 5) is 26.6. The number of halogens is 1. The molecule has 2 heterocycles. The second kappa shape index (κ2) is 6.70. The largest absolute Gasteiger partial charge is 0.345 e. The predicted molar refractivity (Wildman–Crippen MR) is 94.2 cm³/mol. The molecule has 4 rings (SSSR count). The summed E-state index contributed by atoms with van der Waals surface area (Å²) in [6.07, 6.45) is 3.70. The standard InChI is InChI=1S/C19H23FN4O2/c1-22-17(14-7-9-23(10-8-14)18(25)15-5-6-15)21-24(19(22)26)12-13-3-2-4-16(20)11-13/h2-4,11,14-15H,5-10,12H2,1H3. The summed E-state index contributed by atoms with van der Waals surface area (Å²) in [5.74, 6) is 1.14. The van der Waals surface area contributed by atoms with Gasteiger partial charge in [-0.25, -0.2) is 13.9 Å². The van der Waals surface area contributed by atoms with Crippen molar-refractivity contribution >= 4 is 5.91 Å². The third-order valence-electron chi connectivity index (χ3n) is 5.39. The van der Waals surface area contributed by atoms with E-state index in [4.69, 9.17) is 0 Å². The second-order valence-corrected chi connectivity index (χ2v) is 7.36. The minimum Gasteiger partial charge on any atom is -0.342 e. The summed E-state index contributed by atoms with van der Waals surface area (Å²) in [5, 5.41) is 4.52.